The van der Waals surface area contributed by atoms with Gasteiger partial charge in [-0.1, -0.05) is 18.2 Å². The molecule has 0 saturated carbocycles. The fourth-order valence-electron chi connectivity index (χ4n) is 3.56. The van der Waals surface area contributed by atoms with Crippen LogP contribution in [0.1, 0.15) is 16.7 Å². The first-order valence-electron chi connectivity index (χ1n) is 9.17. The average molecular weight is 401 g/mol. The molecule has 1 aliphatic heterocycles. The Labute approximate surface area is 168 Å². The van der Waals surface area contributed by atoms with Gasteiger partial charge in [-0.25, -0.2) is 4.68 Å². The Morgan fingerprint density at radius 3 is 2.37 bits per heavy atom. The quantitative estimate of drug-likeness (QED) is 0.615. The van der Waals surface area contributed by atoms with E-state index in [1.807, 2.05) is 4.68 Å². The fourth-order valence-corrected chi connectivity index (χ4v) is 4.44. The van der Waals surface area contributed by atoms with Crippen molar-refractivity contribution in [2.24, 2.45) is 0 Å². The highest BCUT2D eigenvalue weighted by Gasteiger charge is 2.19. The van der Waals surface area contributed by atoms with Gasteiger partial charge in [-0.3, -0.25) is 9.80 Å². The van der Waals surface area contributed by atoms with Gasteiger partial charge in [0.05, 0.1) is 12.4 Å². The average Bonchev–Trinajstić information content (AvgIpc) is 3.28. The van der Waals surface area contributed by atoms with Crippen molar-refractivity contribution in [3.05, 3.63) is 56.5 Å². The highest BCUT2D eigenvalue weighted by atomic mass is 32.1. The lowest BCUT2D eigenvalue weighted by Crippen LogP contribution is -2.46. The summed E-state index contributed by atoms with van der Waals surface area (Å²) in [6, 6.07) is 8.42. The summed E-state index contributed by atoms with van der Waals surface area (Å²) in [4.78, 5) is 4.90. The number of tetrazole rings is 1. The SMILES string of the molecule is Cc1cccc(C)c1-n1nnn(CN2CCN(Cc3ccsc3)CC2)c1=S. The van der Waals surface area contributed by atoms with Crippen LogP contribution in [0.4, 0.5) is 0 Å². The van der Waals surface area contributed by atoms with Gasteiger partial charge in [-0.2, -0.15) is 16.0 Å². The zero-order chi connectivity index (χ0) is 18.8. The van der Waals surface area contributed by atoms with Crippen molar-refractivity contribution in [3.8, 4) is 5.69 Å². The van der Waals surface area contributed by atoms with Crippen LogP contribution >= 0.6 is 23.6 Å². The molecule has 6 nitrogen and oxygen atoms in total. The van der Waals surface area contributed by atoms with Crippen molar-refractivity contribution in [2.45, 2.75) is 27.1 Å². The minimum absolute atomic E-state index is 0.646. The lowest BCUT2D eigenvalue weighted by Gasteiger charge is -2.34. The summed E-state index contributed by atoms with van der Waals surface area (Å²) in [5.74, 6) is 0. The second-order valence-electron chi connectivity index (χ2n) is 7.08. The van der Waals surface area contributed by atoms with Crippen LogP contribution in [0.15, 0.2) is 35.0 Å². The van der Waals surface area contributed by atoms with E-state index in [0.717, 1.165) is 49.5 Å². The van der Waals surface area contributed by atoms with E-state index in [1.165, 1.54) is 5.56 Å². The molecule has 0 aliphatic carbocycles. The van der Waals surface area contributed by atoms with Crippen LogP contribution in [0.3, 0.4) is 0 Å². The van der Waals surface area contributed by atoms with Crippen LogP contribution in [0.5, 0.6) is 0 Å². The van der Waals surface area contributed by atoms with Gasteiger partial charge >= 0.3 is 0 Å². The summed E-state index contributed by atoms with van der Waals surface area (Å²) in [5, 5.41) is 13.0. The summed E-state index contributed by atoms with van der Waals surface area (Å²) in [6.45, 7) is 10.0. The number of nitrogens with zero attached hydrogens (tertiary/aromatic N) is 6. The van der Waals surface area contributed by atoms with Crippen molar-refractivity contribution in [1.29, 1.82) is 0 Å². The number of thiophene rings is 1. The summed E-state index contributed by atoms with van der Waals surface area (Å²) in [7, 11) is 0. The Balaban J connectivity index is 1.41. The molecule has 0 radical (unpaired) electrons. The van der Waals surface area contributed by atoms with E-state index in [0.29, 0.717) is 11.4 Å². The summed E-state index contributed by atoms with van der Waals surface area (Å²) >= 11 is 7.43. The van der Waals surface area contributed by atoms with Crippen molar-refractivity contribution in [2.75, 3.05) is 26.2 Å². The maximum Gasteiger partial charge on any atom is 0.221 e. The second-order valence-corrected chi connectivity index (χ2v) is 8.23. The molecule has 4 rings (SSSR count). The van der Waals surface area contributed by atoms with Crippen molar-refractivity contribution in [3.63, 3.8) is 0 Å². The van der Waals surface area contributed by atoms with Gasteiger partial charge in [-0.15, -0.1) is 0 Å². The molecule has 0 amide bonds. The van der Waals surface area contributed by atoms with Crippen LogP contribution in [0, 0.1) is 18.6 Å². The zero-order valence-corrected chi connectivity index (χ0v) is 17.3. The molecule has 142 valence electrons. The molecule has 1 fully saturated rings. The number of hydrogen-bond acceptors (Lipinski definition) is 6. The largest absolute Gasteiger partial charge is 0.297 e. The van der Waals surface area contributed by atoms with Crippen LogP contribution in [-0.4, -0.2) is 55.8 Å². The van der Waals surface area contributed by atoms with Gasteiger partial charge in [0.15, 0.2) is 0 Å². The molecule has 0 unspecified atom stereocenters. The van der Waals surface area contributed by atoms with E-state index in [-0.39, 0.29) is 0 Å². The Hall–Kier alpha value is -1.87. The summed E-state index contributed by atoms with van der Waals surface area (Å²) < 4.78 is 4.26. The first kappa shape index (κ1) is 18.5. The monoisotopic (exact) mass is 400 g/mol. The second kappa shape index (κ2) is 8.02. The Bertz CT molecular complexity index is 931. The maximum absolute atomic E-state index is 5.66. The zero-order valence-electron chi connectivity index (χ0n) is 15.7. The van der Waals surface area contributed by atoms with E-state index < -0.39 is 0 Å². The molecule has 2 aromatic heterocycles. The maximum atomic E-state index is 5.66. The predicted octanol–water partition coefficient (Wildman–Crippen LogP) is 3.25. The van der Waals surface area contributed by atoms with E-state index in [1.54, 1.807) is 16.0 Å². The number of hydrogen-bond donors (Lipinski definition) is 0. The molecular formula is C19H24N6S2. The third-order valence-corrected chi connectivity index (χ3v) is 6.19. The van der Waals surface area contributed by atoms with Gasteiger partial charge in [0.2, 0.25) is 4.77 Å². The predicted molar refractivity (Wildman–Crippen MR) is 111 cm³/mol. The summed E-state index contributed by atoms with van der Waals surface area (Å²) in [6.07, 6.45) is 0. The molecule has 8 heteroatoms. The minimum Gasteiger partial charge on any atom is -0.297 e. The number of para-hydroxylation sites is 1. The number of benzene rings is 1. The van der Waals surface area contributed by atoms with Gasteiger partial charge in [0.1, 0.15) is 0 Å². The fraction of sp³-hybridized carbons (Fsp3) is 0.421. The van der Waals surface area contributed by atoms with Crippen molar-refractivity contribution in [1.82, 2.24) is 29.6 Å². The molecule has 0 spiro atoms. The van der Waals surface area contributed by atoms with Gasteiger partial charge < -0.3 is 0 Å². The molecule has 1 aromatic carbocycles. The van der Waals surface area contributed by atoms with Gasteiger partial charge in [-0.05, 0) is 70.0 Å². The molecule has 1 aliphatic rings. The molecule has 3 aromatic rings. The highest BCUT2D eigenvalue weighted by molar-refractivity contribution is 7.71. The molecule has 27 heavy (non-hydrogen) atoms. The third-order valence-electron chi connectivity index (χ3n) is 5.08. The topological polar surface area (TPSA) is 42.1 Å². The van der Waals surface area contributed by atoms with Gasteiger partial charge in [0.25, 0.3) is 0 Å². The van der Waals surface area contributed by atoms with Crippen LogP contribution < -0.4 is 0 Å². The van der Waals surface area contributed by atoms with E-state index >= 15 is 0 Å². The number of aryl methyl sites for hydroxylation is 2. The Morgan fingerprint density at radius 2 is 1.70 bits per heavy atom. The third kappa shape index (κ3) is 4.03. The van der Waals surface area contributed by atoms with E-state index in [9.17, 15) is 0 Å². The van der Waals surface area contributed by atoms with E-state index in [2.05, 4.69) is 69.1 Å². The smallest absolute Gasteiger partial charge is 0.221 e. The standard InChI is InChI=1S/C19H24N6S2/c1-15-4-3-5-16(2)18(15)25-19(26)24(20-21-25)14-23-9-7-22(8-10-23)12-17-6-11-27-13-17/h3-6,11,13H,7-10,12,14H2,1-2H3. The molecule has 0 atom stereocenters. The molecule has 0 bridgehead atoms. The van der Waals surface area contributed by atoms with Crippen LogP contribution in [0.2, 0.25) is 0 Å². The first-order valence-corrected chi connectivity index (χ1v) is 10.5. The van der Waals surface area contributed by atoms with Crippen LogP contribution in [0.25, 0.3) is 5.69 Å². The lowest BCUT2D eigenvalue weighted by molar-refractivity contribution is 0.0976. The molecule has 1 saturated heterocycles. The van der Waals surface area contributed by atoms with Crippen LogP contribution in [-0.2, 0) is 13.2 Å². The number of aromatic nitrogens is 4. The molecule has 0 N–H and O–H groups in total. The number of piperazine rings is 1. The first-order chi connectivity index (χ1) is 13.1. The normalized spacial score (nSPS) is 16.1. The van der Waals surface area contributed by atoms with Crippen molar-refractivity contribution >= 4 is 23.6 Å². The van der Waals surface area contributed by atoms with Gasteiger partial charge in [0, 0.05) is 32.7 Å². The molecule has 3 heterocycles. The highest BCUT2D eigenvalue weighted by Crippen LogP contribution is 2.18. The Kier molecular flexibility index (Phi) is 5.49. The lowest BCUT2D eigenvalue weighted by atomic mass is 10.1. The number of rotatable bonds is 5. The van der Waals surface area contributed by atoms with E-state index in [4.69, 9.17) is 12.2 Å². The van der Waals surface area contributed by atoms with Crippen molar-refractivity contribution < 1.29 is 0 Å². The Morgan fingerprint density at radius 1 is 1.00 bits per heavy atom. The summed E-state index contributed by atoms with van der Waals surface area (Å²) in [5.41, 5.74) is 4.75. The molecular weight excluding hydrogens is 376 g/mol. The minimum atomic E-state index is 0.646.